The summed E-state index contributed by atoms with van der Waals surface area (Å²) in [5, 5.41) is 0. The van der Waals surface area contributed by atoms with Crippen LogP contribution in [-0.4, -0.2) is 17.4 Å². The summed E-state index contributed by atoms with van der Waals surface area (Å²) in [5.74, 6) is 0.701. The molecule has 0 saturated heterocycles. The van der Waals surface area contributed by atoms with E-state index in [9.17, 15) is 9.18 Å². The summed E-state index contributed by atoms with van der Waals surface area (Å²) in [6, 6.07) is 18.5. The molecule has 1 amide bonds. The molecule has 1 heterocycles. The van der Waals surface area contributed by atoms with Crippen molar-refractivity contribution in [3.8, 4) is 0 Å². The molecular formula is C23H24FNO2. The summed E-state index contributed by atoms with van der Waals surface area (Å²) in [7, 11) is 0. The molecule has 140 valence electrons. The highest BCUT2D eigenvalue weighted by atomic mass is 19.1. The number of amides is 1. The normalized spacial score (nSPS) is 12.0. The van der Waals surface area contributed by atoms with E-state index in [0.29, 0.717) is 13.1 Å². The number of furan rings is 1. The molecule has 0 saturated carbocycles. The average molecular weight is 365 g/mol. The van der Waals surface area contributed by atoms with Gasteiger partial charge in [0, 0.05) is 25.9 Å². The highest BCUT2D eigenvalue weighted by molar-refractivity contribution is 5.73. The van der Waals surface area contributed by atoms with Crippen molar-refractivity contribution in [2.75, 3.05) is 6.54 Å². The molecule has 0 aliphatic rings. The quantitative estimate of drug-likeness (QED) is 0.569. The monoisotopic (exact) mass is 365 g/mol. The second-order valence-electron chi connectivity index (χ2n) is 6.83. The summed E-state index contributed by atoms with van der Waals surface area (Å²) < 4.78 is 18.8. The van der Waals surface area contributed by atoms with Gasteiger partial charge in [0.1, 0.15) is 11.6 Å². The molecule has 0 spiro atoms. The van der Waals surface area contributed by atoms with E-state index in [1.807, 2.05) is 12.1 Å². The summed E-state index contributed by atoms with van der Waals surface area (Å²) in [6.45, 7) is 4.68. The number of aryl methyl sites for hydroxylation is 1. The smallest absolute Gasteiger partial charge is 0.219 e. The topological polar surface area (TPSA) is 33.5 Å². The zero-order chi connectivity index (χ0) is 19.2. The molecule has 3 aromatic rings. The molecular weight excluding hydrogens is 341 g/mol. The van der Waals surface area contributed by atoms with Crippen LogP contribution in [0.5, 0.6) is 0 Å². The summed E-state index contributed by atoms with van der Waals surface area (Å²) in [4.78, 5) is 13.9. The van der Waals surface area contributed by atoms with Crippen molar-refractivity contribution >= 4 is 5.91 Å². The molecule has 1 atom stereocenters. The molecule has 27 heavy (non-hydrogen) atoms. The van der Waals surface area contributed by atoms with Gasteiger partial charge >= 0.3 is 0 Å². The van der Waals surface area contributed by atoms with Crippen molar-refractivity contribution in [3.63, 3.8) is 0 Å². The molecule has 0 N–H and O–H groups in total. The van der Waals surface area contributed by atoms with Crippen molar-refractivity contribution < 1.29 is 13.6 Å². The third kappa shape index (κ3) is 5.07. The van der Waals surface area contributed by atoms with Crippen LogP contribution >= 0.6 is 0 Å². The molecule has 0 aliphatic heterocycles. The molecule has 3 nitrogen and oxygen atoms in total. The van der Waals surface area contributed by atoms with Gasteiger partial charge in [0.2, 0.25) is 5.91 Å². The number of hydrogen-bond acceptors (Lipinski definition) is 2. The lowest BCUT2D eigenvalue weighted by atomic mass is 9.92. The van der Waals surface area contributed by atoms with Gasteiger partial charge in [-0.1, -0.05) is 42.0 Å². The van der Waals surface area contributed by atoms with Crippen LogP contribution in [0.2, 0.25) is 0 Å². The second kappa shape index (κ2) is 8.67. The molecule has 0 aliphatic carbocycles. The Bertz CT molecular complexity index is 854. The SMILES string of the molecule is CC(=O)N(CC[C@H](c1ccc(C)cc1)c1ccco1)Cc1ccc(F)cc1. The molecule has 1 aromatic heterocycles. The Morgan fingerprint density at radius 1 is 1.07 bits per heavy atom. The van der Waals surface area contributed by atoms with Crippen LogP contribution in [0.15, 0.2) is 71.3 Å². The molecule has 4 heteroatoms. The Balaban J connectivity index is 1.75. The van der Waals surface area contributed by atoms with Crippen LogP contribution in [0.25, 0.3) is 0 Å². The molecule has 0 fully saturated rings. The van der Waals surface area contributed by atoms with Gasteiger partial charge in [0.25, 0.3) is 0 Å². The number of halogens is 1. The van der Waals surface area contributed by atoms with Gasteiger partial charge < -0.3 is 9.32 Å². The highest BCUT2D eigenvalue weighted by Gasteiger charge is 2.19. The minimum atomic E-state index is -0.273. The summed E-state index contributed by atoms with van der Waals surface area (Å²) >= 11 is 0. The van der Waals surface area contributed by atoms with E-state index in [-0.39, 0.29) is 17.6 Å². The van der Waals surface area contributed by atoms with Gasteiger partial charge in [0.05, 0.1) is 6.26 Å². The zero-order valence-electron chi connectivity index (χ0n) is 15.7. The predicted octanol–water partition coefficient (Wildman–Crippen LogP) is 5.30. The van der Waals surface area contributed by atoms with Gasteiger partial charge in [-0.3, -0.25) is 4.79 Å². The van der Waals surface area contributed by atoms with Gasteiger partial charge in [-0.05, 0) is 48.7 Å². The first-order chi connectivity index (χ1) is 13.0. The van der Waals surface area contributed by atoms with Crippen LogP contribution in [-0.2, 0) is 11.3 Å². The first-order valence-corrected chi connectivity index (χ1v) is 9.13. The van der Waals surface area contributed by atoms with Crippen LogP contribution in [0.3, 0.4) is 0 Å². The van der Waals surface area contributed by atoms with E-state index >= 15 is 0 Å². The van der Waals surface area contributed by atoms with Crippen molar-refractivity contribution in [2.24, 2.45) is 0 Å². The number of carbonyl (C=O) groups is 1. The predicted molar refractivity (Wildman–Crippen MR) is 104 cm³/mol. The second-order valence-corrected chi connectivity index (χ2v) is 6.83. The minimum absolute atomic E-state index is 0.00132. The lowest BCUT2D eigenvalue weighted by Crippen LogP contribution is -2.30. The van der Waals surface area contributed by atoms with E-state index in [0.717, 1.165) is 17.7 Å². The maximum Gasteiger partial charge on any atom is 0.219 e. The van der Waals surface area contributed by atoms with Gasteiger partial charge in [0.15, 0.2) is 0 Å². The Labute approximate surface area is 159 Å². The third-order valence-corrected chi connectivity index (χ3v) is 4.79. The third-order valence-electron chi connectivity index (χ3n) is 4.79. The standard InChI is InChI=1S/C23H24FNO2/c1-17-5-9-20(10-6-17)22(23-4-3-15-27-23)13-14-25(18(2)26)16-19-7-11-21(24)12-8-19/h3-12,15,22H,13-14,16H2,1-2H3/t22-/m1/s1. The van der Waals surface area contributed by atoms with Crippen molar-refractivity contribution in [2.45, 2.75) is 32.7 Å². The summed E-state index contributed by atoms with van der Waals surface area (Å²) in [6.07, 6.45) is 2.43. The van der Waals surface area contributed by atoms with Crippen molar-refractivity contribution in [3.05, 3.63) is 95.2 Å². The highest BCUT2D eigenvalue weighted by Crippen LogP contribution is 2.29. The van der Waals surface area contributed by atoms with Crippen molar-refractivity contribution in [1.82, 2.24) is 4.90 Å². The number of benzene rings is 2. The fraction of sp³-hybridized carbons (Fsp3) is 0.261. The lowest BCUT2D eigenvalue weighted by molar-refractivity contribution is -0.129. The van der Waals surface area contributed by atoms with Crippen LogP contribution < -0.4 is 0 Å². The Morgan fingerprint density at radius 2 is 1.78 bits per heavy atom. The maximum absolute atomic E-state index is 13.1. The fourth-order valence-corrected chi connectivity index (χ4v) is 3.20. The molecule has 0 radical (unpaired) electrons. The van der Waals surface area contributed by atoms with E-state index in [1.165, 1.54) is 23.3 Å². The number of hydrogen-bond donors (Lipinski definition) is 0. The molecule has 2 aromatic carbocycles. The largest absolute Gasteiger partial charge is 0.469 e. The first-order valence-electron chi connectivity index (χ1n) is 9.13. The Kier molecular flexibility index (Phi) is 6.07. The molecule has 0 bridgehead atoms. The fourth-order valence-electron chi connectivity index (χ4n) is 3.20. The van der Waals surface area contributed by atoms with Crippen LogP contribution in [0, 0.1) is 12.7 Å². The van der Waals surface area contributed by atoms with E-state index in [4.69, 9.17) is 4.42 Å². The molecule has 0 unspecified atom stereocenters. The van der Waals surface area contributed by atoms with Gasteiger partial charge in [-0.2, -0.15) is 0 Å². The average Bonchev–Trinajstić information content (AvgIpc) is 3.18. The van der Waals surface area contributed by atoms with Crippen LogP contribution in [0.1, 0.15) is 41.7 Å². The van der Waals surface area contributed by atoms with Crippen molar-refractivity contribution in [1.29, 1.82) is 0 Å². The number of carbonyl (C=O) groups excluding carboxylic acids is 1. The summed E-state index contributed by atoms with van der Waals surface area (Å²) in [5.41, 5.74) is 3.29. The van der Waals surface area contributed by atoms with Gasteiger partial charge in [-0.25, -0.2) is 4.39 Å². The Morgan fingerprint density at radius 3 is 2.37 bits per heavy atom. The number of rotatable bonds is 7. The van der Waals surface area contributed by atoms with Gasteiger partial charge in [-0.15, -0.1) is 0 Å². The minimum Gasteiger partial charge on any atom is -0.469 e. The van der Waals surface area contributed by atoms with E-state index in [1.54, 1.807) is 30.2 Å². The first kappa shape index (κ1) is 18.9. The number of nitrogens with zero attached hydrogens (tertiary/aromatic N) is 1. The van der Waals surface area contributed by atoms with E-state index in [2.05, 4.69) is 31.2 Å². The molecule has 3 rings (SSSR count). The zero-order valence-corrected chi connectivity index (χ0v) is 15.7. The lowest BCUT2D eigenvalue weighted by Gasteiger charge is -2.24. The van der Waals surface area contributed by atoms with E-state index < -0.39 is 0 Å². The Hall–Kier alpha value is -2.88. The maximum atomic E-state index is 13.1. The van der Waals surface area contributed by atoms with Crippen LogP contribution in [0.4, 0.5) is 4.39 Å².